The highest BCUT2D eigenvalue weighted by Crippen LogP contribution is 2.34. The van der Waals surface area contributed by atoms with Gasteiger partial charge in [0.25, 0.3) is 0 Å². The molecule has 4 atom stereocenters. The summed E-state index contributed by atoms with van der Waals surface area (Å²) in [4.78, 5) is 36.4. The molecule has 0 N–H and O–H groups in total. The minimum absolute atomic E-state index is 0.0711. The number of carbonyl (C=O) groups is 3. The molecule has 0 aromatic rings. The molecule has 150 valence electrons. The second-order valence-corrected chi connectivity index (χ2v) is 8.39. The molecule has 1 aliphatic heterocycles. The van der Waals surface area contributed by atoms with Gasteiger partial charge < -0.3 is 9.47 Å². The van der Waals surface area contributed by atoms with Crippen LogP contribution >= 0.6 is 0 Å². The molecule has 1 aliphatic carbocycles. The molecular formula is C22H32O5. The van der Waals surface area contributed by atoms with Crippen LogP contribution in [-0.2, 0) is 23.9 Å². The first-order chi connectivity index (χ1) is 12.7. The van der Waals surface area contributed by atoms with Gasteiger partial charge in [0.05, 0.1) is 0 Å². The van der Waals surface area contributed by atoms with Gasteiger partial charge in [-0.15, -0.1) is 0 Å². The molecular weight excluding hydrogens is 344 g/mol. The topological polar surface area (TPSA) is 69.7 Å². The van der Waals surface area contributed by atoms with E-state index in [2.05, 4.69) is 13.0 Å². The van der Waals surface area contributed by atoms with Crippen molar-refractivity contribution in [3.8, 4) is 0 Å². The molecule has 0 unspecified atom stereocenters. The SMILES string of the molecule is CC(=O)O[C@@H]1C/C(C)=C/CC[C@H](C)CC(=O)CC2=C[C@@H](OC2=O)[C@@H]1C(C)C. The third kappa shape index (κ3) is 6.05. The number of carbonyl (C=O) groups excluding carboxylic acids is 3. The first-order valence-electron chi connectivity index (χ1n) is 9.93. The predicted octanol–water partition coefficient (Wildman–Crippen LogP) is 4.16. The van der Waals surface area contributed by atoms with Gasteiger partial charge in [-0.3, -0.25) is 9.59 Å². The normalized spacial score (nSPS) is 32.2. The first kappa shape index (κ1) is 21.4. The summed E-state index contributed by atoms with van der Waals surface area (Å²) in [6, 6.07) is 0. The smallest absolute Gasteiger partial charge is 0.334 e. The van der Waals surface area contributed by atoms with Crippen LogP contribution in [0.3, 0.4) is 0 Å². The van der Waals surface area contributed by atoms with Crippen molar-refractivity contribution in [3.63, 3.8) is 0 Å². The number of Topliss-reactive ketones (excluding diaryl/α,β-unsaturated/α-hetero) is 1. The van der Waals surface area contributed by atoms with Crippen LogP contribution in [0.5, 0.6) is 0 Å². The highest BCUT2D eigenvalue weighted by molar-refractivity contribution is 5.97. The molecule has 0 amide bonds. The molecule has 0 radical (unpaired) electrons. The lowest BCUT2D eigenvalue weighted by Crippen LogP contribution is -2.38. The Balaban J connectivity index is 2.38. The molecule has 0 aromatic heterocycles. The summed E-state index contributed by atoms with van der Waals surface area (Å²) >= 11 is 0. The highest BCUT2D eigenvalue weighted by atomic mass is 16.6. The van der Waals surface area contributed by atoms with E-state index in [1.54, 1.807) is 6.08 Å². The van der Waals surface area contributed by atoms with Crippen molar-refractivity contribution >= 4 is 17.7 Å². The monoisotopic (exact) mass is 376 g/mol. The summed E-state index contributed by atoms with van der Waals surface area (Å²) in [6.45, 7) is 9.58. The second-order valence-electron chi connectivity index (χ2n) is 8.39. The lowest BCUT2D eigenvalue weighted by atomic mass is 9.82. The fraction of sp³-hybridized carbons (Fsp3) is 0.682. The highest BCUT2D eigenvalue weighted by Gasteiger charge is 2.40. The number of ketones is 1. The maximum absolute atomic E-state index is 12.4. The van der Waals surface area contributed by atoms with Crippen molar-refractivity contribution in [1.29, 1.82) is 0 Å². The molecule has 0 saturated carbocycles. The molecule has 27 heavy (non-hydrogen) atoms. The molecule has 0 fully saturated rings. The number of allylic oxidation sites excluding steroid dienone is 1. The van der Waals surface area contributed by atoms with Gasteiger partial charge in [0.1, 0.15) is 18.0 Å². The fourth-order valence-electron chi connectivity index (χ4n) is 4.10. The third-order valence-electron chi connectivity index (χ3n) is 5.41. The Morgan fingerprint density at radius 3 is 2.59 bits per heavy atom. The van der Waals surface area contributed by atoms with Crippen molar-refractivity contribution in [3.05, 3.63) is 23.3 Å². The van der Waals surface area contributed by atoms with Crippen LogP contribution in [0.15, 0.2) is 23.3 Å². The summed E-state index contributed by atoms with van der Waals surface area (Å²) in [6.07, 6.45) is 6.12. The molecule has 2 rings (SSSR count). The zero-order valence-electron chi connectivity index (χ0n) is 17.1. The Bertz CT molecular complexity index is 643. The van der Waals surface area contributed by atoms with Gasteiger partial charge in [-0.2, -0.15) is 0 Å². The van der Waals surface area contributed by atoms with E-state index in [4.69, 9.17) is 9.47 Å². The van der Waals surface area contributed by atoms with E-state index < -0.39 is 12.1 Å². The van der Waals surface area contributed by atoms with E-state index in [-0.39, 0.29) is 42.0 Å². The van der Waals surface area contributed by atoms with Gasteiger partial charge in [0.15, 0.2) is 0 Å². The molecule has 1 heterocycles. The van der Waals surface area contributed by atoms with Crippen LogP contribution in [0, 0.1) is 17.8 Å². The van der Waals surface area contributed by atoms with E-state index in [1.165, 1.54) is 6.92 Å². The second kappa shape index (κ2) is 9.34. The summed E-state index contributed by atoms with van der Waals surface area (Å²) in [5, 5.41) is 0. The largest absolute Gasteiger partial charge is 0.462 e. The van der Waals surface area contributed by atoms with E-state index in [0.717, 1.165) is 18.4 Å². The van der Waals surface area contributed by atoms with Gasteiger partial charge in [-0.05, 0) is 37.7 Å². The quantitative estimate of drug-likeness (QED) is 0.535. The summed E-state index contributed by atoms with van der Waals surface area (Å²) < 4.78 is 11.3. The van der Waals surface area contributed by atoms with E-state index in [1.807, 2.05) is 20.8 Å². The average Bonchev–Trinajstić information content (AvgIpc) is 2.85. The Morgan fingerprint density at radius 2 is 1.96 bits per heavy atom. The van der Waals surface area contributed by atoms with Crippen LogP contribution in [-0.4, -0.2) is 29.9 Å². The fourth-order valence-corrected chi connectivity index (χ4v) is 4.10. The van der Waals surface area contributed by atoms with Crippen molar-refractivity contribution < 1.29 is 23.9 Å². The van der Waals surface area contributed by atoms with Crippen LogP contribution in [0.25, 0.3) is 0 Å². The summed E-state index contributed by atoms with van der Waals surface area (Å²) in [5.41, 5.74) is 1.59. The summed E-state index contributed by atoms with van der Waals surface area (Å²) in [7, 11) is 0. The molecule has 2 bridgehead atoms. The van der Waals surface area contributed by atoms with Gasteiger partial charge in [-0.25, -0.2) is 4.79 Å². The lowest BCUT2D eigenvalue weighted by molar-refractivity contribution is -0.156. The Morgan fingerprint density at radius 1 is 1.26 bits per heavy atom. The molecule has 5 heteroatoms. The lowest BCUT2D eigenvalue weighted by Gasteiger charge is -2.33. The predicted molar refractivity (Wildman–Crippen MR) is 103 cm³/mol. The Kier molecular flexibility index (Phi) is 7.40. The van der Waals surface area contributed by atoms with Gasteiger partial charge in [0, 0.05) is 37.7 Å². The zero-order valence-corrected chi connectivity index (χ0v) is 17.1. The number of ether oxygens (including phenoxy) is 2. The van der Waals surface area contributed by atoms with Crippen LogP contribution < -0.4 is 0 Å². The van der Waals surface area contributed by atoms with Gasteiger partial charge in [-0.1, -0.05) is 32.4 Å². The zero-order chi connectivity index (χ0) is 20.1. The Hall–Kier alpha value is -1.91. The number of esters is 2. The van der Waals surface area contributed by atoms with Gasteiger partial charge in [0.2, 0.25) is 0 Å². The van der Waals surface area contributed by atoms with Crippen LogP contribution in [0.4, 0.5) is 0 Å². The standard InChI is InChI=1S/C22H32O5/c1-13(2)21-19(26-16(5)23)10-15(4)8-6-7-14(3)9-18(24)11-17-12-20(21)27-22(17)25/h8,12-14,19-21H,6-7,9-11H2,1-5H3/b15-8+/t14-,19+,20+,21+/m0/s1. The van der Waals surface area contributed by atoms with E-state index >= 15 is 0 Å². The molecule has 2 aliphatic rings. The Labute approximate surface area is 162 Å². The summed E-state index contributed by atoms with van der Waals surface area (Å²) in [5.74, 6) is -0.435. The van der Waals surface area contributed by atoms with Crippen molar-refractivity contribution in [2.75, 3.05) is 0 Å². The van der Waals surface area contributed by atoms with Crippen LogP contribution in [0.2, 0.25) is 0 Å². The number of rotatable bonds is 2. The van der Waals surface area contributed by atoms with Gasteiger partial charge >= 0.3 is 11.9 Å². The maximum Gasteiger partial charge on any atom is 0.334 e. The minimum Gasteiger partial charge on any atom is -0.462 e. The van der Waals surface area contributed by atoms with E-state index in [0.29, 0.717) is 18.4 Å². The van der Waals surface area contributed by atoms with Crippen molar-refractivity contribution in [2.24, 2.45) is 17.8 Å². The average molecular weight is 376 g/mol. The molecule has 0 saturated heterocycles. The molecule has 5 nitrogen and oxygen atoms in total. The van der Waals surface area contributed by atoms with Crippen molar-refractivity contribution in [2.45, 2.75) is 78.9 Å². The molecule has 0 aromatic carbocycles. The number of fused-ring (bicyclic) bond motifs is 1. The maximum atomic E-state index is 12.4. The number of hydrogen-bond acceptors (Lipinski definition) is 5. The first-order valence-corrected chi connectivity index (χ1v) is 9.93. The van der Waals surface area contributed by atoms with E-state index in [9.17, 15) is 14.4 Å². The minimum atomic E-state index is -0.474. The van der Waals surface area contributed by atoms with Crippen molar-refractivity contribution in [1.82, 2.24) is 0 Å². The third-order valence-corrected chi connectivity index (χ3v) is 5.41. The van der Waals surface area contributed by atoms with Crippen LogP contribution in [0.1, 0.15) is 66.7 Å². The number of hydrogen-bond donors (Lipinski definition) is 0. The molecule has 0 spiro atoms.